The molecule has 1 aromatic heterocycles. The zero-order valence-corrected chi connectivity index (χ0v) is 15.3. The summed E-state index contributed by atoms with van der Waals surface area (Å²) in [5.74, 6) is 0.397. The number of fused-ring (bicyclic) bond motifs is 1. The van der Waals surface area contributed by atoms with Crippen molar-refractivity contribution in [2.45, 2.75) is 12.8 Å². The highest BCUT2D eigenvalue weighted by Crippen LogP contribution is 2.23. The van der Waals surface area contributed by atoms with Crippen molar-refractivity contribution in [3.05, 3.63) is 70.9 Å². The highest BCUT2D eigenvalue weighted by atomic mass is 35.5. The molecule has 0 saturated heterocycles. The van der Waals surface area contributed by atoms with E-state index in [9.17, 15) is 4.79 Å². The van der Waals surface area contributed by atoms with Gasteiger partial charge in [-0.2, -0.15) is 0 Å². The molecule has 0 amide bonds. The van der Waals surface area contributed by atoms with Gasteiger partial charge in [-0.15, -0.1) is 0 Å². The summed E-state index contributed by atoms with van der Waals surface area (Å²) < 4.78 is 10.4. The molecule has 0 radical (unpaired) electrons. The van der Waals surface area contributed by atoms with Crippen LogP contribution in [0.4, 0.5) is 0 Å². The number of hydrogen-bond donors (Lipinski definition) is 1. The maximum absolute atomic E-state index is 11.8. The minimum Gasteiger partial charge on any atom is -0.497 e. The molecule has 3 rings (SSSR count). The molecule has 3 aromatic rings. The Hall–Kier alpha value is -2.72. The van der Waals surface area contributed by atoms with Gasteiger partial charge in [-0.1, -0.05) is 23.7 Å². The van der Waals surface area contributed by atoms with Crippen molar-refractivity contribution >= 4 is 34.5 Å². The number of carbonyl (C=O) groups is 1. The molecule has 0 bridgehead atoms. The quantitative estimate of drug-likeness (QED) is 0.361. The van der Waals surface area contributed by atoms with Crippen LogP contribution in [0.1, 0.15) is 17.5 Å². The van der Waals surface area contributed by atoms with Crippen LogP contribution < -0.4 is 4.74 Å². The smallest absolute Gasteiger partial charge is 0.330 e. The number of hydrogen-bond acceptors (Lipinski definition) is 3. The number of nitrogens with one attached hydrogen (secondary N) is 1. The van der Waals surface area contributed by atoms with Crippen molar-refractivity contribution in [1.82, 2.24) is 4.98 Å². The molecule has 1 heterocycles. The fourth-order valence-electron chi connectivity index (χ4n) is 2.75. The van der Waals surface area contributed by atoms with Gasteiger partial charge >= 0.3 is 5.97 Å². The Morgan fingerprint density at radius 2 is 2.12 bits per heavy atom. The summed E-state index contributed by atoms with van der Waals surface area (Å²) >= 11 is 6.06. The first-order valence-electron chi connectivity index (χ1n) is 8.40. The first kappa shape index (κ1) is 18.1. The maximum Gasteiger partial charge on any atom is 0.330 e. The topological polar surface area (TPSA) is 51.3 Å². The molecule has 0 spiro atoms. The Labute approximate surface area is 157 Å². The van der Waals surface area contributed by atoms with Gasteiger partial charge < -0.3 is 14.5 Å². The first-order valence-corrected chi connectivity index (χ1v) is 8.78. The summed E-state index contributed by atoms with van der Waals surface area (Å²) in [6.45, 7) is 0.370. The minimum atomic E-state index is -0.352. The van der Waals surface area contributed by atoms with Crippen LogP contribution in [0, 0.1) is 0 Å². The lowest BCUT2D eigenvalue weighted by molar-refractivity contribution is -0.137. The number of benzene rings is 2. The number of ether oxygens (including phenoxy) is 2. The molecule has 26 heavy (non-hydrogen) atoms. The summed E-state index contributed by atoms with van der Waals surface area (Å²) in [4.78, 5) is 15.1. The summed E-state index contributed by atoms with van der Waals surface area (Å²) in [5.41, 5.74) is 3.12. The van der Waals surface area contributed by atoms with Crippen molar-refractivity contribution in [2.75, 3.05) is 13.7 Å². The number of halogens is 1. The van der Waals surface area contributed by atoms with Crippen LogP contribution in [0.2, 0.25) is 5.02 Å². The Kier molecular flexibility index (Phi) is 5.97. The summed E-state index contributed by atoms with van der Waals surface area (Å²) in [6.07, 6.45) is 6.68. The van der Waals surface area contributed by atoms with Crippen LogP contribution >= 0.6 is 11.6 Å². The van der Waals surface area contributed by atoms with Crippen LogP contribution in [-0.4, -0.2) is 24.7 Å². The summed E-state index contributed by atoms with van der Waals surface area (Å²) in [7, 11) is 1.61. The van der Waals surface area contributed by atoms with Crippen LogP contribution in [0.25, 0.3) is 17.0 Å². The number of H-pyrrole nitrogens is 1. The number of aromatic nitrogens is 1. The average Bonchev–Trinajstić information content (AvgIpc) is 3.06. The van der Waals surface area contributed by atoms with Gasteiger partial charge in [0.15, 0.2) is 0 Å². The van der Waals surface area contributed by atoms with Gasteiger partial charge in [0.1, 0.15) is 5.75 Å². The lowest BCUT2D eigenvalue weighted by Gasteiger charge is -2.03. The Morgan fingerprint density at radius 3 is 2.96 bits per heavy atom. The van der Waals surface area contributed by atoms with Crippen molar-refractivity contribution in [2.24, 2.45) is 0 Å². The number of carbonyl (C=O) groups excluding carboxylic acids is 1. The number of rotatable bonds is 7. The fourth-order valence-corrected chi connectivity index (χ4v) is 2.92. The predicted molar refractivity (Wildman–Crippen MR) is 105 cm³/mol. The van der Waals surface area contributed by atoms with Gasteiger partial charge in [0.05, 0.1) is 13.7 Å². The van der Waals surface area contributed by atoms with Gasteiger partial charge in [-0.25, -0.2) is 4.79 Å². The molecule has 134 valence electrons. The van der Waals surface area contributed by atoms with E-state index in [-0.39, 0.29) is 5.97 Å². The molecule has 0 aliphatic carbocycles. The normalized spacial score (nSPS) is 11.2. The van der Waals surface area contributed by atoms with E-state index in [4.69, 9.17) is 21.1 Å². The predicted octanol–water partition coefficient (Wildman–Crippen LogP) is 5.02. The van der Waals surface area contributed by atoms with Gasteiger partial charge in [-0.3, -0.25) is 0 Å². The second kappa shape index (κ2) is 8.59. The average molecular weight is 370 g/mol. The standard InChI is InChI=1S/C21H20ClNO3/c1-25-18-6-2-4-15(12-18)7-10-21(24)26-11-3-5-16-14-23-20-9-8-17(22)13-19(16)20/h2,4,6-10,12-14,23H,3,5,11H2,1H3/b10-7+. The second-order valence-electron chi connectivity index (χ2n) is 5.88. The van der Waals surface area contributed by atoms with E-state index in [2.05, 4.69) is 4.98 Å². The van der Waals surface area contributed by atoms with Gasteiger partial charge in [0.2, 0.25) is 0 Å². The fraction of sp³-hybridized carbons (Fsp3) is 0.190. The van der Waals surface area contributed by atoms with Crippen molar-refractivity contribution in [1.29, 1.82) is 0 Å². The third kappa shape index (κ3) is 4.67. The van der Waals surface area contributed by atoms with Crippen molar-refractivity contribution in [3.8, 4) is 5.75 Å². The molecule has 1 N–H and O–H groups in total. The molecule has 0 aliphatic heterocycles. The maximum atomic E-state index is 11.8. The summed E-state index contributed by atoms with van der Waals surface area (Å²) in [5, 5.41) is 1.83. The molecular formula is C21H20ClNO3. The van der Waals surface area contributed by atoms with Crippen LogP contribution in [0.15, 0.2) is 54.7 Å². The van der Waals surface area contributed by atoms with Crippen LogP contribution in [-0.2, 0) is 16.0 Å². The number of aryl methyl sites for hydroxylation is 1. The van der Waals surface area contributed by atoms with Crippen LogP contribution in [0.5, 0.6) is 5.75 Å². The van der Waals surface area contributed by atoms with E-state index in [0.717, 1.165) is 35.1 Å². The molecule has 0 atom stereocenters. The third-order valence-corrected chi connectivity index (χ3v) is 4.31. The molecule has 0 unspecified atom stereocenters. The molecule has 5 heteroatoms. The minimum absolute atomic E-state index is 0.352. The van der Waals surface area contributed by atoms with Crippen molar-refractivity contribution in [3.63, 3.8) is 0 Å². The number of methoxy groups -OCH3 is 1. The summed E-state index contributed by atoms with van der Waals surface area (Å²) in [6, 6.07) is 13.3. The van der Waals surface area contributed by atoms with E-state index in [1.54, 1.807) is 13.2 Å². The van der Waals surface area contributed by atoms with Gasteiger partial charge in [0, 0.05) is 28.2 Å². The Bertz CT molecular complexity index is 930. The van der Waals surface area contributed by atoms with Gasteiger partial charge in [0.25, 0.3) is 0 Å². The van der Waals surface area contributed by atoms with E-state index in [1.807, 2.05) is 48.7 Å². The zero-order chi connectivity index (χ0) is 18.4. The highest BCUT2D eigenvalue weighted by Gasteiger charge is 2.05. The molecular weight excluding hydrogens is 350 g/mol. The first-order chi connectivity index (χ1) is 12.7. The van der Waals surface area contributed by atoms with Crippen molar-refractivity contribution < 1.29 is 14.3 Å². The second-order valence-corrected chi connectivity index (χ2v) is 6.32. The number of esters is 1. The third-order valence-electron chi connectivity index (χ3n) is 4.07. The molecule has 0 fully saturated rings. The van der Waals surface area contributed by atoms with Gasteiger partial charge in [-0.05, 0) is 60.4 Å². The number of aromatic amines is 1. The van der Waals surface area contributed by atoms with E-state index in [0.29, 0.717) is 11.6 Å². The van der Waals surface area contributed by atoms with E-state index < -0.39 is 0 Å². The SMILES string of the molecule is COc1cccc(/C=C/C(=O)OCCCc2c[nH]c3ccc(Cl)cc23)c1. The molecule has 2 aromatic carbocycles. The lowest BCUT2D eigenvalue weighted by atomic mass is 10.1. The molecule has 0 saturated carbocycles. The lowest BCUT2D eigenvalue weighted by Crippen LogP contribution is -2.03. The Balaban J connectivity index is 1.47. The zero-order valence-electron chi connectivity index (χ0n) is 14.5. The largest absolute Gasteiger partial charge is 0.497 e. The monoisotopic (exact) mass is 369 g/mol. The van der Waals surface area contributed by atoms with E-state index in [1.165, 1.54) is 11.6 Å². The van der Waals surface area contributed by atoms with E-state index >= 15 is 0 Å². The molecule has 4 nitrogen and oxygen atoms in total. The Morgan fingerprint density at radius 1 is 1.23 bits per heavy atom. The highest BCUT2D eigenvalue weighted by molar-refractivity contribution is 6.31. The molecule has 0 aliphatic rings. The van der Waals surface area contributed by atoms with Crippen LogP contribution in [0.3, 0.4) is 0 Å².